The van der Waals surface area contributed by atoms with E-state index >= 15 is 0 Å². The summed E-state index contributed by atoms with van der Waals surface area (Å²) in [6, 6.07) is 5.35. The van der Waals surface area contributed by atoms with E-state index in [1.54, 1.807) is 12.1 Å². The highest BCUT2D eigenvalue weighted by molar-refractivity contribution is 6.31. The van der Waals surface area contributed by atoms with Crippen LogP contribution in [0.1, 0.15) is 28.3 Å². The molecule has 3 rings (SSSR count). The van der Waals surface area contributed by atoms with Gasteiger partial charge in [0, 0.05) is 6.20 Å². The van der Waals surface area contributed by atoms with Crippen molar-refractivity contribution >= 4 is 23.2 Å². The van der Waals surface area contributed by atoms with E-state index in [0.717, 1.165) is 28.5 Å². The minimum absolute atomic E-state index is 0.329. The Morgan fingerprint density at radius 3 is 2.16 bits per heavy atom. The zero-order valence-electron chi connectivity index (χ0n) is 14.1. The zero-order chi connectivity index (χ0) is 18.6. The van der Waals surface area contributed by atoms with Crippen LogP contribution in [0.2, 0.25) is 10.3 Å². The number of hydrogen-bond acceptors (Lipinski definition) is 6. The van der Waals surface area contributed by atoms with Crippen molar-refractivity contribution in [1.82, 2.24) is 29.9 Å². The van der Waals surface area contributed by atoms with Gasteiger partial charge in [-0.3, -0.25) is 4.57 Å². The summed E-state index contributed by atoms with van der Waals surface area (Å²) in [4.78, 5) is 4.30. The van der Waals surface area contributed by atoms with Crippen molar-refractivity contribution in [2.24, 2.45) is 0 Å². The van der Waals surface area contributed by atoms with Gasteiger partial charge in [0.2, 0.25) is 0 Å². The Morgan fingerprint density at radius 1 is 0.960 bits per heavy atom. The van der Waals surface area contributed by atoms with E-state index in [1.807, 2.05) is 44.5 Å². The van der Waals surface area contributed by atoms with Crippen molar-refractivity contribution in [3.63, 3.8) is 0 Å². The molecule has 9 heteroatoms. The van der Waals surface area contributed by atoms with Crippen molar-refractivity contribution in [2.75, 3.05) is 0 Å². The summed E-state index contributed by atoms with van der Waals surface area (Å²) < 4.78 is 1.87. The van der Waals surface area contributed by atoms with E-state index in [2.05, 4.69) is 25.4 Å². The van der Waals surface area contributed by atoms with Gasteiger partial charge in [0.25, 0.3) is 0 Å². The van der Waals surface area contributed by atoms with Crippen LogP contribution in [0.25, 0.3) is 5.82 Å². The summed E-state index contributed by atoms with van der Waals surface area (Å²) in [5, 5.41) is 24.4. The van der Waals surface area contributed by atoms with Crippen LogP contribution >= 0.6 is 23.2 Å². The molecule has 0 aliphatic heterocycles. The maximum absolute atomic E-state index is 8.71. The number of hydrogen-bond donors (Lipinski definition) is 0. The van der Waals surface area contributed by atoms with Crippen LogP contribution in [0, 0.1) is 39.0 Å². The molecule has 0 aliphatic carbocycles. The van der Waals surface area contributed by atoms with E-state index in [-0.39, 0.29) is 0 Å². The Kier molecular flexibility index (Phi) is 6.02. The Hall–Kier alpha value is -2.56. The summed E-state index contributed by atoms with van der Waals surface area (Å²) in [6.45, 7) is 7.56. The quantitative estimate of drug-likeness (QED) is 0.645. The molecule has 0 saturated heterocycles. The summed E-state index contributed by atoms with van der Waals surface area (Å²) in [5.41, 5.74) is 3.02. The SMILES string of the molecule is Cc1cc(Cl)nnc1Cl.Cc1cn(-c2nnc(C#N)cc2C)c(C)n1. The van der Waals surface area contributed by atoms with Crippen molar-refractivity contribution in [1.29, 1.82) is 5.26 Å². The number of rotatable bonds is 1. The van der Waals surface area contributed by atoms with E-state index in [1.165, 1.54) is 0 Å². The molecule has 0 fully saturated rings. The van der Waals surface area contributed by atoms with Crippen LogP contribution < -0.4 is 0 Å². The first-order valence-electron chi connectivity index (χ1n) is 7.24. The van der Waals surface area contributed by atoms with Gasteiger partial charge >= 0.3 is 0 Å². The van der Waals surface area contributed by atoms with Gasteiger partial charge in [0.1, 0.15) is 11.9 Å². The van der Waals surface area contributed by atoms with Gasteiger partial charge < -0.3 is 0 Å². The Bertz CT molecular complexity index is 944. The molecule has 0 aromatic carbocycles. The lowest BCUT2D eigenvalue weighted by atomic mass is 10.2. The second-order valence-electron chi connectivity index (χ2n) is 5.29. The smallest absolute Gasteiger partial charge is 0.163 e. The van der Waals surface area contributed by atoms with Gasteiger partial charge in [-0.05, 0) is 51.0 Å². The Balaban J connectivity index is 0.000000212. The van der Waals surface area contributed by atoms with E-state index < -0.39 is 0 Å². The molecule has 0 aliphatic rings. The molecule has 7 nitrogen and oxygen atoms in total. The average molecular weight is 376 g/mol. The molecule has 0 N–H and O–H groups in total. The van der Waals surface area contributed by atoms with Crippen molar-refractivity contribution < 1.29 is 0 Å². The van der Waals surface area contributed by atoms with Crippen LogP contribution in [-0.4, -0.2) is 29.9 Å². The number of imidazole rings is 1. The summed E-state index contributed by atoms with van der Waals surface area (Å²) in [5.74, 6) is 1.58. The number of nitrogens with zero attached hydrogens (tertiary/aromatic N) is 7. The molecule has 0 unspecified atom stereocenters. The molecule has 128 valence electrons. The normalized spacial score (nSPS) is 9.96. The number of aryl methyl sites for hydroxylation is 4. The lowest BCUT2D eigenvalue weighted by Gasteiger charge is -2.05. The highest BCUT2D eigenvalue weighted by atomic mass is 35.5. The number of halogens is 2. The predicted molar refractivity (Wildman–Crippen MR) is 94.9 cm³/mol. The standard InChI is InChI=1S/C11H11N5.C5H4Cl2N2/c1-7-4-10(5-12)14-15-11(7)16-6-8(2)13-9(16)3;1-3-2-4(6)8-9-5(3)7/h4,6H,1-3H3;2H,1H3. The third-order valence-electron chi connectivity index (χ3n) is 3.20. The van der Waals surface area contributed by atoms with Crippen molar-refractivity contribution in [3.05, 3.63) is 57.0 Å². The Morgan fingerprint density at radius 2 is 1.68 bits per heavy atom. The van der Waals surface area contributed by atoms with Gasteiger partial charge in [-0.1, -0.05) is 23.2 Å². The summed E-state index contributed by atoms with van der Waals surface area (Å²) >= 11 is 11.0. The number of aromatic nitrogens is 6. The van der Waals surface area contributed by atoms with Crippen LogP contribution in [0.3, 0.4) is 0 Å². The predicted octanol–water partition coefficient (Wildman–Crippen LogP) is 3.55. The van der Waals surface area contributed by atoms with Gasteiger partial charge in [-0.15, -0.1) is 20.4 Å². The average Bonchev–Trinajstić information content (AvgIpc) is 2.90. The molecule has 25 heavy (non-hydrogen) atoms. The maximum atomic E-state index is 8.71. The minimum Gasteiger partial charge on any atom is -0.286 e. The first-order valence-corrected chi connectivity index (χ1v) is 8.00. The van der Waals surface area contributed by atoms with Gasteiger partial charge in [-0.2, -0.15) is 5.26 Å². The van der Waals surface area contributed by atoms with E-state index in [4.69, 9.17) is 28.5 Å². The second kappa shape index (κ2) is 8.01. The molecule has 0 bridgehead atoms. The molecule has 0 atom stereocenters. The van der Waals surface area contributed by atoms with Crippen molar-refractivity contribution in [3.8, 4) is 11.9 Å². The van der Waals surface area contributed by atoms with Gasteiger partial charge in [0.05, 0.1) is 5.69 Å². The molecule has 0 radical (unpaired) electrons. The first-order chi connectivity index (χ1) is 11.8. The van der Waals surface area contributed by atoms with Crippen LogP contribution in [0.4, 0.5) is 0 Å². The highest BCUT2D eigenvalue weighted by Gasteiger charge is 2.09. The lowest BCUT2D eigenvalue weighted by Crippen LogP contribution is -2.04. The summed E-state index contributed by atoms with van der Waals surface area (Å²) in [7, 11) is 0. The fraction of sp³-hybridized carbons (Fsp3) is 0.250. The largest absolute Gasteiger partial charge is 0.286 e. The van der Waals surface area contributed by atoms with Crippen LogP contribution in [-0.2, 0) is 0 Å². The van der Waals surface area contributed by atoms with Crippen molar-refractivity contribution in [2.45, 2.75) is 27.7 Å². The minimum atomic E-state index is 0.329. The topological polar surface area (TPSA) is 93.2 Å². The molecular weight excluding hydrogens is 361 g/mol. The van der Waals surface area contributed by atoms with Crippen LogP contribution in [0.15, 0.2) is 18.3 Å². The number of nitriles is 1. The molecular formula is C16H15Cl2N7. The Labute approximate surface area is 155 Å². The monoisotopic (exact) mass is 375 g/mol. The van der Waals surface area contributed by atoms with Crippen LogP contribution in [0.5, 0.6) is 0 Å². The molecule has 0 amide bonds. The maximum Gasteiger partial charge on any atom is 0.163 e. The molecule has 3 aromatic heterocycles. The van der Waals surface area contributed by atoms with E-state index in [9.17, 15) is 0 Å². The molecule has 0 saturated carbocycles. The first kappa shape index (κ1) is 18.8. The third kappa shape index (κ3) is 4.72. The van der Waals surface area contributed by atoms with E-state index in [0.29, 0.717) is 16.0 Å². The summed E-state index contributed by atoms with van der Waals surface area (Å²) in [6.07, 6.45) is 1.90. The fourth-order valence-electron chi connectivity index (χ4n) is 2.04. The highest BCUT2D eigenvalue weighted by Crippen LogP contribution is 2.14. The third-order valence-corrected chi connectivity index (χ3v) is 3.76. The molecule has 0 spiro atoms. The van der Waals surface area contributed by atoms with Gasteiger partial charge in [-0.25, -0.2) is 4.98 Å². The van der Waals surface area contributed by atoms with Gasteiger partial charge in [0.15, 0.2) is 21.8 Å². The zero-order valence-corrected chi connectivity index (χ0v) is 15.6. The second-order valence-corrected chi connectivity index (χ2v) is 6.03. The fourth-order valence-corrected chi connectivity index (χ4v) is 2.34. The molecule has 3 aromatic rings. The lowest BCUT2D eigenvalue weighted by molar-refractivity contribution is 0.861. The molecule has 3 heterocycles.